The van der Waals surface area contributed by atoms with Crippen LogP contribution in [0.25, 0.3) is 43.3 Å². The number of fused-ring (bicyclic) bond motifs is 5. The number of benzene rings is 2. The van der Waals surface area contributed by atoms with Gasteiger partial charge >= 0.3 is 0 Å². The predicted molar refractivity (Wildman–Crippen MR) is 115 cm³/mol. The third kappa shape index (κ3) is 2.83. The fourth-order valence-electron chi connectivity index (χ4n) is 3.59. The van der Waals surface area contributed by atoms with Crippen LogP contribution in [0.2, 0.25) is 0 Å². The minimum atomic E-state index is -1.48. The first-order chi connectivity index (χ1) is 13.8. The largest absolute Gasteiger partial charge is 0.455 e. The highest BCUT2D eigenvalue weighted by molar-refractivity contribution is 7.17. The highest BCUT2D eigenvalue weighted by atomic mass is 32.1. The van der Waals surface area contributed by atoms with Gasteiger partial charge in [-0.2, -0.15) is 0 Å². The van der Waals surface area contributed by atoms with Crippen LogP contribution in [0, 0.1) is 5.41 Å². The molecule has 0 unspecified atom stereocenters. The molecule has 0 radical (unpaired) electrons. The van der Waals surface area contributed by atoms with Gasteiger partial charge in [-0.05, 0) is 59.1 Å². The standard InChI is InChI=1S/C24H21NOS/c1-24(2,3)14-15-9-11-25-20(13-15)18-6-4-5-16-17-7-8-21-19(10-12-27-21)23(17)26-22(16)18/h4-13H,14H2,1-3H3/i14D2. The molecule has 5 aromatic rings. The van der Waals surface area contributed by atoms with Gasteiger partial charge in [0.1, 0.15) is 11.2 Å². The second-order valence-electron chi connectivity index (χ2n) is 7.86. The first-order valence-corrected chi connectivity index (χ1v) is 9.94. The summed E-state index contributed by atoms with van der Waals surface area (Å²) in [4.78, 5) is 4.55. The smallest absolute Gasteiger partial charge is 0.144 e. The third-order valence-electron chi connectivity index (χ3n) is 4.65. The average Bonchev–Trinajstić information content (AvgIpc) is 3.31. The van der Waals surface area contributed by atoms with Crippen molar-refractivity contribution in [1.82, 2.24) is 4.98 Å². The third-order valence-corrected chi connectivity index (χ3v) is 5.53. The number of rotatable bonds is 2. The SMILES string of the molecule is [2H]C([2H])(c1ccnc(-c2cccc3c2oc2c4ccsc4ccc32)c1)C(C)(C)C. The van der Waals surface area contributed by atoms with E-state index in [0.29, 0.717) is 5.56 Å². The van der Waals surface area contributed by atoms with Crippen molar-refractivity contribution in [3.8, 4) is 11.3 Å². The molecule has 0 aliphatic rings. The Bertz CT molecular complexity index is 1370. The quantitative estimate of drug-likeness (QED) is 0.321. The second-order valence-corrected chi connectivity index (χ2v) is 8.81. The van der Waals surface area contributed by atoms with Crippen LogP contribution < -0.4 is 0 Å². The van der Waals surface area contributed by atoms with Crippen LogP contribution in [-0.4, -0.2) is 4.98 Å². The van der Waals surface area contributed by atoms with Gasteiger partial charge in [-0.1, -0.05) is 32.9 Å². The molecular formula is C24H21NOS. The van der Waals surface area contributed by atoms with Crippen molar-refractivity contribution in [2.45, 2.75) is 27.1 Å². The van der Waals surface area contributed by atoms with E-state index in [0.717, 1.165) is 38.6 Å². The predicted octanol–water partition coefficient (Wildman–Crippen LogP) is 7.45. The lowest BCUT2D eigenvalue weighted by Crippen LogP contribution is -2.09. The lowest BCUT2D eigenvalue weighted by Gasteiger charge is -2.18. The van der Waals surface area contributed by atoms with E-state index >= 15 is 0 Å². The van der Waals surface area contributed by atoms with E-state index in [2.05, 4.69) is 34.6 Å². The molecule has 0 fully saturated rings. The number of hydrogen-bond acceptors (Lipinski definition) is 3. The summed E-state index contributed by atoms with van der Waals surface area (Å²) in [6.45, 7) is 5.75. The molecule has 27 heavy (non-hydrogen) atoms. The fraction of sp³-hybridized carbons (Fsp3) is 0.208. The number of furan rings is 1. The molecule has 5 rings (SSSR count). The van der Waals surface area contributed by atoms with Crippen molar-refractivity contribution < 1.29 is 7.16 Å². The summed E-state index contributed by atoms with van der Waals surface area (Å²) in [6.07, 6.45) is 0.210. The molecule has 2 aromatic carbocycles. The molecule has 3 heteroatoms. The van der Waals surface area contributed by atoms with Gasteiger partial charge in [0.05, 0.1) is 5.69 Å². The maximum atomic E-state index is 8.62. The van der Waals surface area contributed by atoms with Crippen LogP contribution in [0.3, 0.4) is 0 Å². The van der Waals surface area contributed by atoms with Crippen molar-refractivity contribution in [3.05, 3.63) is 65.7 Å². The van der Waals surface area contributed by atoms with Crippen LogP contribution in [0.15, 0.2) is 64.5 Å². The Morgan fingerprint density at radius 3 is 2.70 bits per heavy atom. The van der Waals surface area contributed by atoms with Crippen molar-refractivity contribution in [2.75, 3.05) is 0 Å². The molecule has 0 aliphatic heterocycles. The Labute approximate surface area is 165 Å². The number of thiophene rings is 1. The Balaban J connectivity index is 1.76. The molecule has 134 valence electrons. The maximum Gasteiger partial charge on any atom is 0.144 e. The lowest BCUT2D eigenvalue weighted by molar-refractivity contribution is 0.411. The van der Waals surface area contributed by atoms with Gasteiger partial charge in [-0.25, -0.2) is 0 Å². The topological polar surface area (TPSA) is 26.0 Å². The van der Waals surface area contributed by atoms with E-state index in [1.54, 1.807) is 23.6 Å². The monoisotopic (exact) mass is 373 g/mol. The summed E-state index contributed by atoms with van der Waals surface area (Å²) < 4.78 is 24.8. The molecule has 3 aromatic heterocycles. The Kier molecular flexibility index (Phi) is 3.17. The first kappa shape index (κ1) is 14.4. The number of para-hydroxylation sites is 1. The van der Waals surface area contributed by atoms with Crippen LogP contribution in [-0.2, 0) is 6.37 Å². The molecular weight excluding hydrogens is 350 g/mol. The fourth-order valence-corrected chi connectivity index (χ4v) is 4.38. The molecule has 0 amide bonds. The molecule has 0 aliphatic carbocycles. The van der Waals surface area contributed by atoms with E-state index < -0.39 is 11.8 Å². The first-order valence-electron chi connectivity index (χ1n) is 10.1. The molecule has 0 saturated carbocycles. The van der Waals surface area contributed by atoms with Crippen LogP contribution in [0.1, 0.15) is 29.1 Å². The van der Waals surface area contributed by atoms with E-state index in [1.165, 1.54) is 4.70 Å². The van der Waals surface area contributed by atoms with Crippen molar-refractivity contribution >= 4 is 43.4 Å². The van der Waals surface area contributed by atoms with Crippen molar-refractivity contribution in [3.63, 3.8) is 0 Å². The maximum absolute atomic E-state index is 8.62. The summed E-state index contributed by atoms with van der Waals surface area (Å²) >= 11 is 1.71. The van der Waals surface area contributed by atoms with Crippen LogP contribution >= 0.6 is 11.3 Å². The summed E-state index contributed by atoms with van der Waals surface area (Å²) in [7, 11) is 0. The molecule has 0 atom stereocenters. The molecule has 0 bridgehead atoms. The van der Waals surface area contributed by atoms with Gasteiger partial charge in [0.25, 0.3) is 0 Å². The molecule has 0 N–H and O–H groups in total. The Morgan fingerprint density at radius 1 is 1.00 bits per heavy atom. The summed E-state index contributed by atoms with van der Waals surface area (Å²) in [5.41, 5.74) is 3.40. The number of hydrogen-bond donors (Lipinski definition) is 0. The van der Waals surface area contributed by atoms with Gasteiger partial charge in [0.15, 0.2) is 0 Å². The van der Waals surface area contributed by atoms with Gasteiger partial charge in [-0.15, -0.1) is 11.3 Å². The highest BCUT2D eigenvalue weighted by Crippen LogP contribution is 2.39. The Hall–Kier alpha value is -2.65. The Morgan fingerprint density at radius 2 is 1.85 bits per heavy atom. The zero-order valence-corrected chi connectivity index (χ0v) is 16.4. The van der Waals surface area contributed by atoms with Crippen LogP contribution in [0.5, 0.6) is 0 Å². The van der Waals surface area contributed by atoms with E-state index in [9.17, 15) is 0 Å². The van der Waals surface area contributed by atoms with Gasteiger partial charge < -0.3 is 4.42 Å². The normalized spacial score (nSPS) is 14.0. The van der Waals surface area contributed by atoms with E-state index in [4.69, 9.17) is 7.16 Å². The van der Waals surface area contributed by atoms with Crippen molar-refractivity contribution in [2.24, 2.45) is 5.41 Å². The van der Waals surface area contributed by atoms with Crippen LogP contribution in [0.4, 0.5) is 0 Å². The van der Waals surface area contributed by atoms with E-state index in [-0.39, 0.29) is 0 Å². The zero-order valence-electron chi connectivity index (χ0n) is 17.5. The number of nitrogens with zero attached hydrogens (tertiary/aromatic N) is 1. The number of pyridine rings is 1. The highest BCUT2D eigenvalue weighted by Gasteiger charge is 2.16. The molecule has 2 nitrogen and oxygen atoms in total. The zero-order chi connectivity index (χ0) is 20.4. The van der Waals surface area contributed by atoms with Gasteiger partial charge in [0.2, 0.25) is 0 Å². The second kappa shape index (κ2) is 5.93. The minimum Gasteiger partial charge on any atom is -0.455 e. The summed E-state index contributed by atoms with van der Waals surface area (Å²) in [5.74, 6) is 0. The average molecular weight is 374 g/mol. The van der Waals surface area contributed by atoms with Gasteiger partial charge in [-0.3, -0.25) is 4.98 Å². The number of aromatic nitrogens is 1. The van der Waals surface area contributed by atoms with E-state index in [1.807, 2.05) is 39.0 Å². The summed E-state index contributed by atoms with van der Waals surface area (Å²) in [6, 6.07) is 16.1. The van der Waals surface area contributed by atoms with Crippen molar-refractivity contribution in [1.29, 1.82) is 0 Å². The molecule has 0 spiro atoms. The molecule has 0 saturated heterocycles. The minimum absolute atomic E-state index is 0.526. The summed E-state index contributed by atoms with van der Waals surface area (Å²) in [5, 5.41) is 5.35. The molecule has 3 heterocycles. The van der Waals surface area contributed by atoms with Gasteiger partial charge in [0, 0.05) is 35.4 Å². The lowest BCUT2D eigenvalue weighted by atomic mass is 9.88.